The highest BCUT2D eigenvalue weighted by molar-refractivity contribution is 5.56. The largest absolute Gasteiger partial charge is 0.388 e. The van der Waals surface area contributed by atoms with Gasteiger partial charge in [0.15, 0.2) is 0 Å². The second-order valence-corrected chi connectivity index (χ2v) is 6.11. The lowest BCUT2D eigenvalue weighted by Gasteiger charge is -2.23. The van der Waals surface area contributed by atoms with Gasteiger partial charge in [0.25, 0.3) is 0 Å². The third-order valence-electron chi connectivity index (χ3n) is 3.83. The Morgan fingerprint density at radius 1 is 1.09 bits per heavy atom. The molecule has 6 heteroatoms. The van der Waals surface area contributed by atoms with Crippen molar-refractivity contribution in [3.8, 4) is 6.07 Å². The van der Waals surface area contributed by atoms with E-state index in [0.717, 1.165) is 0 Å². The summed E-state index contributed by atoms with van der Waals surface area (Å²) >= 11 is 0. The molecule has 0 saturated carbocycles. The fraction of sp³-hybridized carbons (Fsp3) is 0.625. The molecule has 1 aromatic heterocycles. The third kappa shape index (κ3) is 5.51. The van der Waals surface area contributed by atoms with Gasteiger partial charge in [0, 0.05) is 13.1 Å². The van der Waals surface area contributed by atoms with Crippen LogP contribution in [0.15, 0.2) is 12.1 Å². The summed E-state index contributed by atoms with van der Waals surface area (Å²) in [5, 5.41) is 35.3. The highest BCUT2D eigenvalue weighted by Crippen LogP contribution is 2.18. The lowest BCUT2D eigenvalue weighted by Crippen LogP contribution is -2.33. The average Bonchev–Trinajstić information content (AvgIpc) is 2.51. The molecule has 4 N–H and O–H groups in total. The van der Waals surface area contributed by atoms with Gasteiger partial charge in [-0.05, 0) is 38.8 Å². The molecule has 0 fully saturated rings. The van der Waals surface area contributed by atoms with Crippen molar-refractivity contribution < 1.29 is 10.2 Å². The SMILES string of the molecule is CCC(C)(O)CNc1ccc(C#N)c(NCC(C)(O)CC)n1. The zero-order valence-electron chi connectivity index (χ0n) is 13.8. The molecule has 1 heterocycles. The molecular formula is C16H26N4O2. The predicted octanol–water partition coefficient (Wildman–Crippen LogP) is 2.10. The Bertz CT molecular complexity index is 535. The maximum absolute atomic E-state index is 10.0. The van der Waals surface area contributed by atoms with Gasteiger partial charge in [-0.2, -0.15) is 5.26 Å². The summed E-state index contributed by atoms with van der Waals surface area (Å²) in [7, 11) is 0. The molecule has 2 unspecified atom stereocenters. The number of hydrogen-bond donors (Lipinski definition) is 4. The van der Waals surface area contributed by atoms with Gasteiger partial charge < -0.3 is 20.8 Å². The molecule has 1 aromatic rings. The molecule has 0 aliphatic carbocycles. The van der Waals surface area contributed by atoms with Crippen LogP contribution >= 0.6 is 0 Å². The Hall–Kier alpha value is -1.84. The quantitative estimate of drug-likeness (QED) is 0.587. The molecule has 0 bridgehead atoms. The van der Waals surface area contributed by atoms with Gasteiger partial charge in [-0.15, -0.1) is 0 Å². The van der Waals surface area contributed by atoms with E-state index in [1.165, 1.54) is 0 Å². The van der Waals surface area contributed by atoms with Crippen molar-refractivity contribution in [3.05, 3.63) is 17.7 Å². The Morgan fingerprint density at radius 2 is 1.64 bits per heavy atom. The summed E-state index contributed by atoms with van der Waals surface area (Å²) in [5.41, 5.74) is -1.25. The van der Waals surface area contributed by atoms with E-state index in [1.807, 2.05) is 13.8 Å². The molecule has 2 atom stereocenters. The van der Waals surface area contributed by atoms with Crippen molar-refractivity contribution in [1.29, 1.82) is 5.26 Å². The molecule has 0 aromatic carbocycles. The van der Waals surface area contributed by atoms with E-state index >= 15 is 0 Å². The number of aliphatic hydroxyl groups is 2. The van der Waals surface area contributed by atoms with Gasteiger partial charge >= 0.3 is 0 Å². The van der Waals surface area contributed by atoms with Gasteiger partial charge in [0.05, 0.1) is 16.8 Å². The Labute approximate surface area is 132 Å². The number of rotatable bonds is 8. The fourth-order valence-electron chi connectivity index (χ4n) is 1.59. The molecular weight excluding hydrogens is 280 g/mol. The number of nitrogens with one attached hydrogen (secondary N) is 2. The van der Waals surface area contributed by atoms with Crippen molar-refractivity contribution in [2.24, 2.45) is 0 Å². The number of aromatic nitrogens is 1. The standard InChI is InChI=1S/C16H26N4O2/c1-5-15(3,21)10-18-13-8-7-12(9-17)14(20-13)19-11-16(4,22)6-2/h7-8,21-22H,5-6,10-11H2,1-4H3,(H2,18,19,20). The molecule has 0 saturated heterocycles. The van der Waals surface area contributed by atoms with Crippen LogP contribution in [0.3, 0.4) is 0 Å². The number of nitriles is 1. The van der Waals surface area contributed by atoms with Gasteiger partial charge in [-0.25, -0.2) is 4.98 Å². The maximum Gasteiger partial charge on any atom is 0.146 e. The Kier molecular flexibility index (Phi) is 6.15. The second kappa shape index (κ2) is 7.43. The third-order valence-corrected chi connectivity index (χ3v) is 3.83. The monoisotopic (exact) mass is 306 g/mol. The van der Waals surface area contributed by atoms with Crippen molar-refractivity contribution in [2.45, 2.75) is 51.7 Å². The molecule has 0 aliphatic rings. The van der Waals surface area contributed by atoms with Gasteiger partial charge in [-0.3, -0.25) is 0 Å². The fourth-order valence-corrected chi connectivity index (χ4v) is 1.59. The lowest BCUT2D eigenvalue weighted by molar-refractivity contribution is 0.0694. The van der Waals surface area contributed by atoms with E-state index in [9.17, 15) is 10.2 Å². The van der Waals surface area contributed by atoms with Crippen LogP contribution in [0.25, 0.3) is 0 Å². The molecule has 22 heavy (non-hydrogen) atoms. The topological polar surface area (TPSA) is 101 Å². The van der Waals surface area contributed by atoms with Crippen LogP contribution in [-0.4, -0.2) is 39.5 Å². The van der Waals surface area contributed by atoms with Crippen LogP contribution in [0.4, 0.5) is 11.6 Å². The molecule has 1 rings (SSSR count). The van der Waals surface area contributed by atoms with Crippen LogP contribution in [0.5, 0.6) is 0 Å². The summed E-state index contributed by atoms with van der Waals surface area (Å²) < 4.78 is 0. The van der Waals surface area contributed by atoms with Crippen LogP contribution < -0.4 is 10.6 Å². The van der Waals surface area contributed by atoms with E-state index in [1.54, 1.807) is 26.0 Å². The summed E-state index contributed by atoms with van der Waals surface area (Å²) in [5.74, 6) is 1.00. The molecule has 0 amide bonds. The van der Waals surface area contributed by atoms with Crippen LogP contribution in [0, 0.1) is 11.3 Å². The van der Waals surface area contributed by atoms with Crippen molar-refractivity contribution in [3.63, 3.8) is 0 Å². The Morgan fingerprint density at radius 3 is 2.14 bits per heavy atom. The first-order valence-corrected chi connectivity index (χ1v) is 7.56. The number of hydrogen-bond acceptors (Lipinski definition) is 6. The second-order valence-electron chi connectivity index (χ2n) is 6.11. The van der Waals surface area contributed by atoms with Crippen LogP contribution in [0.1, 0.15) is 46.1 Å². The lowest BCUT2D eigenvalue weighted by atomic mass is 10.0. The first-order valence-electron chi connectivity index (χ1n) is 7.56. The predicted molar refractivity (Wildman–Crippen MR) is 87.8 cm³/mol. The van der Waals surface area contributed by atoms with Crippen molar-refractivity contribution in [2.75, 3.05) is 23.7 Å². The van der Waals surface area contributed by atoms with E-state index < -0.39 is 11.2 Å². The summed E-state index contributed by atoms with van der Waals surface area (Å²) in [6.07, 6.45) is 1.22. The Balaban J connectivity index is 2.83. The molecule has 6 nitrogen and oxygen atoms in total. The zero-order valence-corrected chi connectivity index (χ0v) is 13.8. The van der Waals surface area contributed by atoms with E-state index in [2.05, 4.69) is 21.7 Å². The molecule has 122 valence electrons. The minimum atomic E-state index is -0.857. The first-order chi connectivity index (χ1) is 10.2. The smallest absolute Gasteiger partial charge is 0.146 e. The highest BCUT2D eigenvalue weighted by atomic mass is 16.3. The molecule has 0 radical (unpaired) electrons. The zero-order chi connectivity index (χ0) is 16.8. The van der Waals surface area contributed by atoms with E-state index in [-0.39, 0.29) is 0 Å². The molecule has 0 spiro atoms. The van der Waals surface area contributed by atoms with Gasteiger partial charge in [-0.1, -0.05) is 13.8 Å². The first kappa shape index (κ1) is 18.2. The van der Waals surface area contributed by atoms with Crippen LogP contribution in [0.2, 0.25) is 0 Å². The van der Waals surface area contributed by atoms with Crippen LogP contribution in [-0.2, 0) is 0 Å². The minimum absolute atomic E-state index is 0.307. The molecule has 0 aliphatic heterocycles. The summed E-state index contributed by atoms with van der Waals surface area (Å²) in [4.78, 5) is 4.35. The number of pyridine rings is 1. The summed E-state index contributed by atoms with van der Waals surface area (Å²) in [6.45, 7) is 7.96. The number of nitrogens with zero attached hydrogens (tertiary/aromatic N) is 2. The average molecular weight is 306 g/mol. The number of anilines is 2. The maximum atomic E-state index is 10.0. The van der Waals surface area contributed by atoms with Crippen molar-refractivity contribution in [1.82, 2.24) is 4.98 Å². The van der Waals surface area contributed by atoms with Crippen molar-refractivity contribution >= 4 is 11.6 Å². The summed E-state index contributed by atoms with van der Waals surface area (Å²) in [6, 6.07) is 5.44. The van der Waals surface area contributed by atoms with E-state index in [4.69, 9.17) is 5.26 Å². The minimum Gasteiger partial charge on any atom is -0.388 e. The normalized spacial score (nSPS) is 16.2. The van der Waals surface area contributed by atoms with E-state index in [0.29, 0.717) is 43.1 Å². The van der Waals surface area contributed by atoms with Gasteiger partial charge in [0.1, 0.15) is 17.7 Å². The highest BCUT2D eigenvalue weighted by Gasteiger charge is 2.19. The van der Waals surface area contributed by atoms with Gasteiger partial charge in [0.2, 0.25) is 0 Å².